The van der Waals surface area contributed by atoms with Gasteiger partial charge in [0.2, 0.25) is 0 Å². The van der Waals surface area contributed by atoms with Crippen LogP contribution in [-0.2, 0) is 4.74 Å². The number of hydrogen-bond acceptors (Lipinski definition) is 4. The Morgan fingerprint density at radius 1 is 1.03 bits per heavy atom. The number of halogens is 1. The Morgan fingerprint density at radius 2 is 1.70 bits per heavy atom. The summed E-state index contributed by atoms with van der Waals surface area (Å²) in [5.74, 6) is 0.521. The highest BCUT2D eigenvalue weighted by Crippen LogP contribution is 2.26. The van der Waals surface area contributed by atoms with Gasteiger partial charge < -0.3 is 14.4 Å². The van der Waals surface area contributed by atoms with E-state index in [1.165, 1.54) is 17.0 Å². The first-order chi connectivity index (χ1) is 14.1. The largest absolute Gasteiger partial charge is 0.457 e. The summed E-state index contributed by atoms with van der Waals surface area (Å²) >= 11 is 0. The van der Waals surface area contributed by atoms with Crippen molar-refractivity contribution in [3.63, 3.8) is 0 Å². The van der Waals surface area contributed by atoms with E-state index >= 15 is 0 Å². The molecule has 0 fully saturated rings. The molecule has 0 saturated heterocycles. The lowest BCUT2D eigenvalue weighted by Gasteiger charge is -2.23. The van der Waals surface area contributed by atoms with Gasteiger partial charge in [0.25, 0.3) is 0 Å². The summed E-state index contributed by atoms with van der Waals surface area (Å²) in [5.41, 5.74) is 0.147. The van der Waals surface area contributed by atoms with Gasteiger partial charge in [0.05, 0.1) is 5.56 Å². The number of ketones is 1. The number of nitrogens with zero attached hydrogens (tertiary/aromatic N) is 1. The number of rotatable bonds is 6. The molecule has 0 spiro atoms. The number of Topliss-reactive ketones (excluding diaryl/α,β-unsaturated/α-hetero) is 1. The molecule has 5 nitrogen and oxygen atoms in total. The minimum atomic E-state index is -0.388. The third-order valence-corrected chi connectivity index (χ3v) is 3.87. The molecule has 164 valence electrons. The molecule has 0 N–H and O–H groups in total. The molecule has 1 amide bonds. The topological polar surface area (TPSA) is 55.8 Å². The SMILES string of the molecule is CCCC(=O)c1ccccc1Oc1cccc(F)c1.CCN(C)C(=O)OC(C)(C)C. The first-order valence-corrected chi connectivity index (χ1v) is 10.1. The van der Waals surface area contributed by atoms with Crippen LogP contribution in [0, 0.1) is 5.82 Å². The summed E-state index contributed by atoms with van der Waals surface area (Å²) < 4.78 is 23.8. The summed E-state index contributed by atoms with van der Waals surface area (Å²) in [7, 11) is 1.72. The smallest absolute Gasteiger partial charge is 0.410 e. The van der Waals surface area contributed by atoms with E-state index in [1.54, 1.807) is 43.4 Å². The molecule has 30 heavy (non-hydrogen) atoms. The molecule has 0 aliphatic heterocycles. The van der Waals surface area contributed by atoms with Gasteiger partial charge >= 0.3 is 6.09 Å². The lowest BCUT2D eigenvalue weighted by Crippen LogP contribution is -2.33. The maximum Gasteiger partial charge on any atom is 0.410 e. The van der Waals surface area contributed by atoms with Gasteiger partial charge in [-0.2, -0.15) is 0 Å². The number of ether oxygens (including phenoxy) is 2. The summed E-state index contributed by atoms with van der Waals surface area (Å²) in [6, 6.07) is 12.9. The van der Waals surface area contributed by atoms with Gasteiger partial charge in [0, 0.05) is 26.1 Å². The number of para-hydroxylation sites is 1. The maximum absolute atomic E-state index is 13.1. The molecule has 0 aliphatic rings. The fourth-order valence-corrected chi connectivity index (χ4v) is 2.27. The number of benzene rings is 2. The summed E-state index contributed by atoms with van der Waals surface area (Å²) in [6.07, 6.45) is 0.997. The van der Waals surface area contributed by atoms with Crippen LogP contribution in [0.25, 0.3) is 0 Å². The van der Waals surface area contributed by atoms with E-state index in [1.807, 2.05) is 34.6 Å². The minimum absolute atomic E-state index is 0.0366. The van der Waals surface area contributed by atoms with Crippen LogP contribution in [0.1, 0.15) is 57.8 Å². The first-order valence-electron chi connectivity index (χ1n) is 10.1. The van der Waals surface area contributed by atoms with E-state index in [0.29, 0.717) is 30.0 Å². The highest BCUT2D eigenvalue weighted by Gasteiger charge is 2.18. The lowest BCUT2D eigenvalue weighted by atomic mass is 10.1. The van der Waals surface area contributed by atoms with E-state index in [0.717, 1.165) is 6.42 Å². The standard InChI is InChI=1S/C16H15FO2.C8H17NO2/c1-2-6-15(18)14-9-3-4-10-16(14)19-13-8-5-7-12(17)11-13;1-6-9(5)7(10)11-8(2,3)4/h3-5,7-11H,2,6H2,1H3;6H2,1-5H3. The van der Waals surface area contributed by atoms with E-state index < -0.39 is 0 Å². The van der Waals surface area contributed by atoms with Crippen molar-refractivity contribution in [2.45, 2.75) is 53.1 Å². The zero-order chi connectivity index (χ0) is 22.7. The Hall–Kier alpha value is -2.89. The molecule has 0 bridgehead atoms. The van der Waals surface area contributed by atoms with Crippen molar-refractivity contribution in [1.82, 2.24) is 4.90 Å². The summed E-state index contributed by atoms with van der Waals surface area (Å²) in [5, 5.41) is 0. The average Bonchev–Trinajstić information content (AvgIpc) is 2.67. The Balaban J connectivity index is 0.000000352. The predicted octanol–water partition coefficient (Wildman–Crippen LogP) is 6.47. The zero-order valence-electron chi connectivity index (χ0n) is 18.7. The van der Waals surface area contributed by atoms with Gasteiger partial charge in [-0.3, -0.25) is 4.79 Å². The highest BCUT2D eigenvalue weighted by molar-refractivity contribution is 5.98. The number of hydrogen-bond donors (Lipinski definition) is 0. The Kier molecular flexibility index (Phi) is 10.0. The van der Waals surface area contributed by atoms with Gasteiger partial charge in [-0.05, 0) is 58.4 Å². The van der Waals surface area contributed by atoms with E-state index in [4.69, 9.17) is 9.47 Å². The number of carbonyl (C=O) groups excluding carboxylic acids is 2. The fraction of sp³-hybridized carbons (Fsp3) is 0.417. The molecule has 6 heteroatoms. The van der Waals surface area contributed by atoms with Gasteiger partial charge in [0.15, 0.2) is 5.78 Å². The summed E-state index contributed by atoms with van der Waals surface area (Å²) in [4.78, 5) is 24.6. The molecule has 2 aromatic rings. The second-order valence-corrected chi connectivity index (χ2v) is 7.72. The van der Waals surface area contributed by atoms with Gasteiger partial charge in [-0.15, -0.1) is 0 Å². The van der Waals surface area contributed by atoms with Gasteiger partial charge in [-0.25, -0.2) is 9.18 Å². The maximum atomic E-state index is 13.1. The molecule has 0 aromatic heterocycles. The van der Waals surface area contributed by atoms with Crippen molar-refractivity contribution in [2.75, 3.05) is 13.6 Å². The molecule has 0 unspecified atom stereocenters. The molecule has 2 aromatic carbocycles. The normalized spacial score (nSPS) is 10.5. The molecular weight excluding hydrogens is 385 g/mol. The van der Waals surface area contributed by atoms with E-state index in [2.05, 4.69) is 0 Å². The second-order valence-electron chi connectivity index (χ2n) is 7.72. The molecular formula is C24H32FNO4. The van der Waals surface area contributed by atoms with Crippen LogP contribution < -0.4 is 4.74 Å². The van der Waals surface area contributed by atoms with Crippen molar-refractivity contribution in [3.8, 4) is 11.5 Å². The minimum Gasteiger partial charge on any atom is -0.457 e. The highest BCUT2D eigenvalue weighted by atomic mass is 19.1. The quantitative estimate of drug-likeness (QED) is 0.505. The molecule has 0 atom stereocenters. The fourth-order valence-electron chi connectivity index (χ4n) is 2.27. The Morgan fingerprint density at radius 3 is 2.27 bits per heavy atom. The van der Waals surface area contributed by atoms with Crippen molar-refractivity contribution in [2.24, 2.45) is 0 Å². The lowest BCUT2D eigenvalue weighted by molar-refractivity contribution is 0.0307. The van der Waals surface area contributed by atoms with Crippen molar-refractivity contribution >= 4 is 11.9 Å². The third-order valence-electron chi connectivity index (χ3n) is 3.87. The van der Waals surface area contributed by atoms with Crippen LogP contribution in [-0.4, -0.2) is 36.0 Å². The van der Waals surface area contributed by atoms with Crippen LogP contribution in [0.15, 0.2) is 48.5 Å². The van der Waals surface area contributed by atoms with Crippen molar-refractivity contribution in [3.05, 3.63) is 59.9 Å². The van der Waals surface area contributed by atoms with Crippen molar-refractivity contribution in [1.29, 1.82) is 0 Å². The first kappa shape index (κ1) is 25.1. The Bertz CT molecular complexity index is 830. The van der Waals surface area contributed by atoms with Crippen LogP contribution in [0.2, 0.25) is 0 Å². The number of amides is 1. The molecule has 0 saturated carbocycles. The van der Waals surface area contributed by atoms with E-state index in [9.17, 15) is 14.0 Å². The van der Waals surface area contributed by atoms with Crippen LogP contribution >= 0.6 is 0 Å². The Labute approximate surface area is 178 Å². The zero-order valence-corrected chi connectivity index (χ0v) is 18.7. The molecule has 0 radical (unpaired) electrons. The average molecular weight is 418 g/mol. The van der Waals surface area contributed by atoms with E-state index in [-0.39, 0.29) is 23.3 Å². The van der Waals surface area contributed by atoms with Crippen molar-refractivity contribution < 1.29 is 23.5 Å². The van der Waals surface area contributed by atoms with Gasteiger partial charge in [-0.1, -0.05) is 25.1 Å². The molecule has 0 aliphatic carbocycles. The monoisotopic (exact) mass is 417 g/mol. The summed E-state index contributed by atoms with van der Waals surface area (Å²) in [6.45, 7) is 10.1. The third kappa shape index (κ3) is 9.07. The van der Waals surface area contributed by atoms with Crippen LogP contribution in [0.4, 0.5) is 9.18 Å². The number of carbonyl (C=O) groups is 2. The van der Waals surface area contributed by atoms with Crippen LogP contribution in [0.5, 0.6) is 11.5 Å². The molecule has 0 heterocycles. The van der Waals surface area contributed by atoms with Crippen LogP contribution in [0.3, 0.4) is 0 Å². The molecule has 2 rings (SSSR count). The predicted molar refractivity (Wildman–Crippen MR) is 117 cm³/mol. The van der Waals surface area contributed by atoms with Gasteiger partial charge in [0.1, 0.15) is 22.9 Å². The second kappa shape index (κ2) is 12.0.